The second-order valence-corrected chi connectivity index (χ2v) is 3.44. The number of halogens is 1. The minimum Gasteiger partial charge on any atom is -0.149 e. The van der Waals surface area contributed by atoms with Gasteiger partial charge in [-0.2, -0.15) is 0 Å². The average molecular weight is 152 g/mol. The molecule has 0 aromatic carbocycles. The largest absolute Gasteiger partial charge is 0.151 e. The van der Waals surface area contributed by atoms with Gasteiger partial charge in [0, 0.05) is 0 Å². The van der Waals surface area contributed by atoms with Crippen molar-refractivity contribution < 1.29 is 0 Å². The lowest BCUT2D eigenvalue weighted by Gasteiger charge is -1.99. The van der Waals surface area contributed by atoms with Crippen LogP contribution in [0.3, 0.4) is 0 Å². The molecule has 0 fully saturated rings. The van der Waals surface area contributed by atoms with E-state index in [2.05, 4.69) is 21.1 Å². The van der Waals surface area contributed by atoms with Crippen LogP contribution in [0.25, 0.3) is 0 Å². The normalized spacial score (nSPS) is 11.2. The van der Waals surface area contributed by atoms with E-state index in [1.165, 1.54) is 0 Å². The number of rotatable bonds is 1. The van der Waals surface area contributed by atoms with E-state index in [4.69, 9.17) is 0 Å². The maximum atomic E-state index is 9.53. The van der Waals surface area contributed by atoms with Crippen LogP contribution < -0.4 is 0 Å². The van der Waals surface area contributed by atoms with E-state index in [0.717, 1.165) is 0 Å². The van der Waals surface area contributed by atoms with Crippen LogP contribution in [-0.4, -0.2) is 4.45 Å². The summed E-state index contributed by atoms with van der Waals surface area (Å²) in [4.78, 5) is 9.53. The molecular formula is C3H6BrNO. The lowest BCUT2D eigenvalue weighted by molar-refractivity contribution is 0.772. The molecule has 0 rings (SSSR count). The summed E-state index contributed by atoms with van der Waals surface area (Å²) in [5.41, 5.74) is 0. The first-order chi connectivity index (χ1) is 2.56. The molecule has 0 spiro atoms. The molecule has 0 saturated heterocycles. The third-order valence-electron chi connectivity index (χ3n) is 0.217. The van der Waals surface area contributed by atoms with Crippen LogP contribution in [0.4, 0.5) is 0 Å². The molecule has 0 aliphatic heterocycles. The first kappa shape index (κ1) is 6.08. The Balaban J connectivity index is 3.45. The van der Waals surface area contributed by atoms with Gasteiger partial charge >= 0.3 is 0 Å². The fraction of sp³-hybridized carbons (Fsp3) is 1.00. The van der Waals surface area contributed by atoms with E-state index in [1.54, 1.807) is 13.8 Å². The van der Waals surface area contributed by atoms with Gasteiger partial charge in [-0.25, -0.2) is 0 Å². The Morgan fingerprint density at radius 1 is 1.67 bits per heavy atom. The molecule has 0 aromatic rings. The van der Waals surface area contributed by atoms with Crippen LogP contribution in [0, 0.1) is 4.91 Å². The van der Waals surface area contributed by atoms with Crippen molar-refractivity contribution in [1.82, 2.24) is 0 Å². The highest BCUT2D eigenvalue weighted by molar-refractivity contribution is 9.10. The number of nitroso groups, excluding NO2 is 1. The Morgan fingerprint density at radius 2 is 1.83 bits per heavy atom. The fourth-order valence-corrected chi connectivity index (χ4v) is 0. The summed E-state index contributed by atoms with van der Waals surface area (Å²) in [5, 5.41) is 2.69. The molecule has 0 aromatic heterocycles. The van der Waals surface area contributed by atoms with Gasteiger partial charge in [0.15, 0.2) is 4.45 Å². The Labute approximate surface area is 45.0 Å². The minimum absolute atomic E-state index is 0.576. The van der Waals surface area contributed by atoms with Crippen LogP contribution in [0.5, 0.6) is 0 Å². The third-order valence-corrected chi connectivity index (χ3v) is 0.362. The van der Waals surface area contributed by atoms with Crippen molar-refractivity contribution in [2.24, 2.45) is 5.18 Å². The summed E-state index contributed by atoms with van der Waals surface area (Å²) >= 11 is 3.00. The van der Waals surface area contributed by atoms with Crippen LogP contribution in [0.15, 0.2) is 5.18 Å². The van der Waals surface area contributed by atoms with Gasteiger partial charge < -0.3 is 0 Å². The summed E-state index contributed by atoms with van der Waals surface area (Å²) in [6, 6.07) is 0. The van der Waals surface area contributed by atoms with Gasteiger partial charge in [0.25, 0.3) is 0 Å². The first-order valence-electron chi connectivity index (χ1n) is 1.60. The Hall–Kier alpha value is 0.0800. The van der Waals surface area contributed by atoms with Crippen molar-refractivity contribution in [3.05, 3.63) is 4.91 Å². The van der Waals surface area contributed by atoms with E-state index < -0.39 is 4.45 Å². The molecular weight excluding hydrogens is 146 g/mol. The zero-order valence-electron chi connectivity index (χ0n) is 3.73. The van der Waals surface area contributed by atoms with E-state index in [0.29, 0.717) is 0 Å². The summed E-state index contributed by atoms with van der Waals surface area (Å²) < 4.78 is -0.576. The molecule has 0 aliphatic rings. The van der Waals surface area contributed by atoms with E-state index in [9.17, 15) is 4.91 Å². The summed E-state index contributed by atoms with van der Waals surface area (Å²) in [5.74, 6) is 0. The molecule has 0 bridgehead atoms. The third kappa shape index (κ3) is 4.08. The molecule has 2 nitrogen and oxygen atoms in total. The van der Waals surface area contributed by atoms with Crippen molar-refractivity contribution in [3.8, 4) is 0 Å². The molecule has 0 aliphatic carbocycles. The zero-order chi connectivity index (χ0) is 5.21. The molecule has 36 valence electrons. The fourth-order valence-electron chi connectivity index (χ4n) is 0. The number of nitrogens with zero attached hydrogens (tertiary/aromatic N) is 1. The molecule has 0 atom stereocenters. The molecule has 0 N–H and O–H groups in total. The predicted molar refractivity (Wildman–Crippen MR) is 28.8 cm³/mol. The second-order valence-electron chi connectivity index (χ2n) is 1.50. The molecule has 0 heterocycles. The lowest BCUT2D eigenvalue weighted by Crippen LogP contribution is -2.00. The number of hydrogen-bond acceptors (Lipinski definition) is 2. The van der Waals surface area contributed by atoms with Crippen LogP contribution in [-0.2, 0) is 0 Å². The maximum absolute atomic E-state index is 9.53. The van der Waals surface area contributed by atoms with Crippen molar-refractivity contribution >= 4 is 15.9 Å². The monoisotopic (exact) mass is 151 g/mol. The lowest BCUT2D eigenvalue weighted by atomic mass is 10.4. The van der Waals surface area contributed by atoms with Gasteiger partial charge in [0.05, 0.1) is 0 Å². The predicted octanol–water partition coefficient (Wildman–Crippen LogP) is 1.88. The average Bonchev–Trinajstić information content (AvgIpc) is 1.35. The smallest absolute Gasteiger partial charge is 0.149 e. The van der Waals surface area contributed by atoms with Gasteiger partial charge in [-0.1, -0.05) is 21.1 Å². The Kier molecular flexibility index (Phi) is 1.71. The molecule has 0 unspecified atom stereocenters. The highest BCUT2D eigenvalue weighted by atomic mass is 79.9. The SMILES string of the molecule is CC(C)(Br)N=O. The molecule has 6 heavy (non-hydrogen) atoms. The molecule has 0 radical (unpaired) electrons. The Morgan fingerprint density at radius 3 is 1.83 bits per heavy atom. The second kappa shape index (κ2) is 1.69. The van der Waals surface area contributed by atoms with Gasteiger partial charge in [-0.3, -0.25) is 0 Å². The van der Waals surface area contributed by atoms with Gasteiger partial charge in [0.1, 0.15) is 0 Å². The van der Waals surface area contributed by atoms with E-state index >= 15 is 0 Å². The highest BCUT2D eigenvalue weighted by Gasteiger charge is 2.09. The van der Waals surface area contributed by atoms with Crippen molar-refractivity contribution in [2.75, 3.05) is 0 Å². The van der Waals surface area contributed by atoms with Crippen LogP contribution >= 0.6 is 15.9 Å². The first-order valence-corrected chi connectivity index (χ1v) is 2.39. The summed E-state index contributed by atoms with van der Waals surface area (Å²) in [6.45, 7) is 3.36. The standard InChI is InChI=1S/C3H6BrNO/c1-3(2,4)5-6/h1-2H3. The van der Waals surface area contributed by atoms with Crippen molar-refractivity contribution in [2.45, 2.75) is 18.3 Å². The number of alkyl halides is 1. The van der Waals surface area contributed by atoms with E-state index in [-0.39, 0.29) is 0 Å². The highest BCUT2D eigenvalue weighted by Crippen LogP contribution is 2.15. The summed E-state index contributed by atoms with van der Waals surface area (Å²) in [6.07, 6.45) is 0. The molecule has 3 heteroatoms. The zero-order valence-corrected chi connectivity index (χ0v) is 5.32. The quantitative estimate of drug-likeness (QED) is 0.320. The van der Waals surface area contributed by atoms with Crippen LogP contribution in [0.2, 0.25) is 0 Å². The molecule has 0 saturated carbocycles. The summed E-state index contributed by atoms with van der Waals surface area (Å²) in [7, 11) is 0. The van der Waals surface area contributed by atoms with E-state index in [1.807, 2.05) is 0 Å². The number of hydrogen-bond donors (Lipinski definition) is 0. The Bertz CT molecular complexity index is 56.3. The minimum atomic E-state index is -0.576. The van der Waals surface area contributed by atoms with Crippen molar-refractivity contribution in [3.63, 3.8) is 0 Å². The van der Waals surface area contributed by atoms with Gasteiger partial charge in [-0.05, 0) is 13.8 Å². The molecule has 0 amide bonds. The topological polar surface area (TPSA) is 29.4 Å². The van der Waals surface area contributed by atoms with Gasteiger partial charge in [-0.15, -0.1) is 4.91 Å². The van der Waals surface area contributed by atoms with Crippen LogP contribution in [0.1, 0.15) is 13.8 Å². The van der Waals surface area contributed by atoms with Crippen molar-refractivity contribution in [1.29, 1.82) is 0 Å². The maximum Gasteiger partial charge on any atom is 0.151 e. The van der Waals surface area contributed by atoms with Gasteiger partial charge in [0.2, 0.25) is 0 Å².